The summed E-state index contributed by atoms with van der Waals surface area (Å²) in [5, 5.41) is 3.26. The molecule has 0 atom stereocenters. The highest BCUT2D eigenvalue weighted by Crippen LogP contribution is 2.40. The number of aromatic nitrogens is 2. The van der Waals surface area contributed by atoms with Crippen LogP contribution in [0.3, 0.4) is 0 Å². The van der Waals surface area contributed by atoms with Gasteiger partial charge in [-0.1, -0.05) is 0 Å². The lowest BCUT2D eigenvalue weighted by atomic mass is 10.3. The SMILES string of the molecule is CCOCCCNc1nc(C2CC2)nc(OCC)c1N. The van der Waals surface area contributed by atoms with Crippen LogP contribution >= 0.6 is 0 Å². The fourth-order valence-electron chi connectivity index (χ4n) is 1.90. The fourth-order valence-corrected chi connectivity index (χ4v) is 1.90. The Morgan fingerprint density at radius 3 is 2.70 bits per heavy atom. The lowest BCUT2D eigenvalue weighted by molar-refractivity contribution is 0.147. The average Bonchev–Trinajstić information content (AvgIpc) is 3.27. The first kappa shape index (κ1) is 14.8. The van der Waals surface area contributed by atoms with E-state index in [1.54, 1.807) is 0 Å². The van der Waals surface area contributed by atoms with E-state index in [2.05, 4.69) is 15.3 Å². The number of nitrogen functional groups attached to an aromatic ring is 1. The Labute approximate surface area is 120 Å². The first-order chi connectivity index (χ1) is 9.76. The van der Waals surface area contributed by atoms with Gasteiger partial charge in [0.25, 0.3) is 0 Å². The van der Waals surface area contributed by atoms with Gasteiger partial charge >= 0.3 is 0 Å². The smallest absolute Gasteiger partial charge is 0.242 e. The van der Waals surface area contributed by atoms with Crippen LogP contribution in [0.5, 0.6) is 5.88 Å². The molecule has 0 aliphatic heterocycles. The van der Waals surface area contributed by atoms with Crippen molar-refractivity contribution in [1.29, 1.82) is 0 Å². The average molecular weight is 280 g/mol. The van der Waals surface area contributed by atoms with Crippen LogP contribution in [-0.2, 0) is 4.74 Å². The van der Waals surface area contributed by atoms with Crippen LogP contribution < -0.4 is 15.8 Å². The Bertz CT molecular complexity index is 435. The Morgan fingerprint density at radius 1 is 1.25 bits per heavy atom. The number of hydrogen-bond acceptors (Lipinski definition) is 6. The van der Waals surface area contributed by atoms with E-state index in [0.717, 1.165) is 44.8 Å². The molecule has 0 aromatic carbocycles. The molecule has 1 aliphatic carbocycles. The second kappa shape index (κ2) is 7.28. The van der Waals surface area contributed by atoms with Crippen molar-refractivity contribution in [2.24, 2.45) is 0 Å². The highest BCUT2D eigenvalue weighted by Gasteiger charge is 2.28. The molecular weight excluding hydrogens is 256 g/mol. The predicted octanol–water partition coefficient (Wildman–Crippen LogP) is 2.17. The maximum atomic E-state index is 6.06. The number of nitrogens with one attached hydrogen (secondary N) is 1. The summed E-state index contributed by atoms with van der Waals surface area (Å²) in [5.41, 5.74) is 6.55. The van der Waals surface area contributed by atoms with Crippen LogP contribution in [-0.4, -0.2) is 36.3 Å². The van der Waals surface area contributed by atoms with Crippen molar-refractivity contribution in [3.63, 3.8) is 0 Å². The first-order valence-corrected chi connectivity index (χ1v) is 7.38. The predicted molar refractivity (Wildman–Crippen MR) is 79.2 cm³/mol. The zero-order valence-corrected chi connectivity index (χ0v) is 12.3. The molecule has 0 radical (unpaired) electrons. The number of anilines is 2. The Kier molecular flexibility index (Phi) is 5.40. The Hall–Kier alpha value is -1.56. The van der Waals surface area contributed by atoms with Crippen LogP contribution in [0.15, 0.2) is 0 Å². The number of nitrogens with zero attached hydrogens (tertiary/aromatic N) is 2. The topological polar surface area (TPSA) is 82.3 Å². The van der Waals surface area contributed by atoms with E-state index in [4.69, 9.17) is 15.2 Å². The van der Waals surface area contributed by atoms with E-state index < -0.39 is 0 Å². The zero-order valence-electron chi connectivity index (χ0n) is 12.3. The monoisotopic (exact) mass is 280 g/mol. The number of nitrogens with two attached hydrogens (primary N) is 1. The second-order valence-corrected chi connectivity index (χ2v) is 4.83. The van der Waals surface area contributed by atoms with Crippen LogP contribution in [0.2, 0.25) is 0 Å². The maximum Gasteiger partial charge on any atom is 0.242 e. The van der Waals surface area contributed by atoms with E-state index in [1.807, 2.05) is 13.8 Å². The number of rotatable bonds is 9. The minimum absolute atomic E-state index is 0.471. The summed E-state index contributed by atoms with van der Waals surface area (Å²) in [6, 6.07) is 0. The van der Waals surface area contributed by atoms with Crippen molar-refractivity contribution in [2.45, 2.75) is 39.0 Å². The van der Waals surface area contributed by atoms with Gasteiger partial charge in [0.2, 0.25) is 5.88 Å². The molecular formula is C14H24N4O2. The largest absolute Gasteiger partial charge is 0.476 e. The molecule has 1 aliphatic rings. The third-order valence-electron chi connectivity index (χ3n) is 3.11. The molecule has 0 amide bonds. The molecule has 1 aromatic heterocycles. The van der Waals surface area contributed by atoms with Crippen LogP contribution in [0.25, 0.3) is 0 Å². The summed E-state index contributed by atoms with van der Waals surface area (Å²) in [5.74, 6) is 2.49. The lowest BCUT2D eigenvalue weighted by Gasteiger charge is -2.13. The van der Waals surface area contributed by atoms with E-state index in [0.29, 0.717) is 29.9 Å². The highest BCUT2D eigenvalue weighted by molar-refractivity contribution is 5.67. The Morgan fingerprint density at radius 2 is 2.05 bits per heavy atom. The maximum absolute atomic E-state index is 6.06. The molecule has 0 unspecified atom stereocenters. The molecule has 1 saturated carbocycles. The van der Waals surface area contributed by atoms with Gasteiger partial charge in [0.15, 0.2) is 5.82 Å². The van der Waals surface area contributed by atoms with Gasteiger partial charge < -0.3 is 20.5 Å². The minimum Gasteiger partial charge on any atom is -0.476 e. The van der Waals surface area contributed by atoms with Crippen molar-refractivity contribution >= 4 is 11.5 Å². The fraction of sp³-hybridized carbons (Fsp3) is 0.714. The molecule has 20 heavy (non-hydrogen) atoms. The molecule has 0 bridgehead atoms. The Balaban J connectivity index is 2.01. The molecule has 3 N–H and O–H groups in total. The molecule has 6 heteroatoms. The van der Waals surface area contributed by atoms with Gasteiger partial charge in [0.05, 0.1) is 6.61 Å². The van der Waals surface area contributed by atoms with Gasteiger partial charge in [-0.2, -0.15) is 4.98 Å². The van der Waals surface area contributed by atoms with Crippen molar-refractivity contribution in [3.05, 3.63) is 5.82 Å². The van der Waals surface area contributed by atoms with Crippen molar-refractivity contribution in [3.8, 4) is 5.88 Å². The standard InChI is InChI=1S/C14H24N4O2/c1-3-19-9-5-8-16-13-11(15)14(20-4-2)18-12(17-13)10-6-7-10/h10H,3-9,15H2,1-2H3,(H,16,17,18). The molecule has 1 aromatic rings. The van der Waals surface area contributed by atoms with Gasteiger partial charge in [-0.05, 0) is 33.1 Å². The number of ether oxygens (including phenoxy) is 2. The first-order valence-electron chi connectivity index (χ1n) is 7.38. The molecule has 0 spiro atoms. The lowest BCUT2D eigenvalue weighted by Crippen LogP contribution is -2.12. The van der Waals surface area contributed by atoms with Gasteiger partial charge in [0.1, 0.15) is 11.5 Å². The normalized spacial score (nSPS) is 14.3. The van der Waals surface area contributed by atoms with Gasteiger partial charge in [-0.15, -0.1) is 0 Å². The molecule has 1 fully saturated rings. The van der Waals surface area contributed by atoms with Crippen molar-refractivity contribution < 1.29 is 9.47 Å². The van der Waals surface area contributed by atoms with Gasteiger partial charge in [-0.25, -0.2) is 4.98 Å². The summed E-state index contributed by atoms with van der Waals surface area (Å²) in [6.45, 7) is 6.73. The highest BCUT2D eigenvalue weighted by atomic mass is 16.5. The van der Waals surface area contributed by atoms with Gasteiger partial charge in [0, 0.05) is 25.7 Å². The van der Waals surface area contributed by atoms with Gasteiger partial charge in [-0.3, -0.25) is 0 Å². The summed E-state index contributed by atoms with van der Waals surface area (Å²) in [6.07, 6.45) is 3.22. The van der Waals surface area contributed by atoms with E-state index in [-0.39, 0.29) is 0 Å². The quantitative estimate of drug-likeness (QED) is 0.675. The summed E-state index contributed by atoms with van der Waals surface area (Å²) in [4.78, 5) is 8.95. The second-order valence-electron chi connectivity index (χ2n) is 4.83. The zero-order chi connectivity index (χ0) is 14.4. The van der Waals surface area contributed by atoms with Crippen LogP contribution in [0.1, 0.15) is 44.9 Å². The summed E-state index contributed by atoms with van der Waals surface area (Å²) >= 11 is 0. The summed E-state index contributed by atoms with van der Waals surface area (Å²) in [7, 11) is 0. The van der Waals surface area contributed by atoms with E-state index in [1.165, 1.54) is 0 Å². The van der Waals surface area contributed by atoms with E-state index in [9.17, 15) is 0 Å². The molecule has 2 rings (SSSR count). The molecule has 112 valence electrons. The number of hydrogen-bond donors (Lipinski definition) is 2. The van der Waals surface area contributed by atoms with E-state index >= 15 is 0 Å². The minimum atomic E-state index is 0.471. The van der Waals surface area contributed by atoms with Crippen molar-refractivity contribution in [1.82, 2.24) is 9.97 Å². The molecule has 0 saturated heterocycles. The van der Waals surface area contributed by atoms with Crippen LogP contribution in [0, 0.1) is 0 Å². The third-order valence-corrected chi connectivity index (χ3v) is 3.11. The van der Waals surface area contributed by atoms with Crippen LogP contribution in [0.4, 0.5) is 11.5 Å². The third kappa shape index (κ3) is 3.96. The van der Waals surface area contributed by atoms with Crippen molar-refractivity contribution in [2.75, 3.05) is 37.4 Å². The molecule has 1 heterocycles. The summed E-state index contributed by atoms with van der Waals surface area (Å²) < 4.78 is 10.8. The molecule has 6 nitrogen and oxygen atoms in total.